The van der Waals surface area contributed by atoms with Gasteiger partial charge in [-0.3, -0.25) is 0 Å². The van der Waals surface area contributed by atoms with Gasteiger partial charge in [0.15, 0.2) is 0 Å². The molecular weight excluding hydrogens is 993 g/mol. The highest BCUT2D eigenvalue weighted by molar-refractivity contribution is 5.40. The molecule has 0 N–H and O–H groups in total. The van der Waals surface area contributed by atoms with Crippen LogP contribution in [0, 0.1) is 92.7 Å². The van der Waals surface area contributed by atoms with Crippen molar-refractivity contribution in [1.29, 1.82) is 0 Å². The minimum Gasteiger partial charge on any atom is -0.493 e. The van der Waals surface area contributed by atoms with Crippen molar-refractivity contribution in [1.82, 2.24) is 0 Å². The standard InChI is InChI=1S/4C18H26O2/c4*1-12(2)18(13(3)4)9-14-10-19-16-8-6-5-7-15(16)17(14)20-11-18/h4*5-8,12-14,17H,9-11H2,1-4H3/t2*14-,17+;2*14-,17-/m1010/s1. The molecule has 440 valence electrons. The molecule has 4 aromatic rings. The average Bonchev–Trinajstić information content (AvgIpc) is 3.47. The van der Waals surface area contributed by atoms with E-state index in [0.29, 0.717) is 71.0 Å². The molecule has 4 fully saturated rings. The summed E-state index contributed by atoms with van der Waals surface area (Å²) in [6.45, 7) is 44.0. The molecule has 8 heterocycles. The lowest BCUT2D eigenvalue weighted by molar-refractivity contribution is -0.151. The van der Waals surface area contributed by atoms with Crippen molar-refractivity contribution in [3.63, 3.8) is 0 Å². The lowest BCUT2D eigenvalue weighted by Crippen LogP contribution is -2.47. The second-order valence-corrected chi connectivity index (χ2v) is 28.3. The Labute approximate surface area is 484 Å². The van der Waals surface area contributed by atoms with E-state index in [0.717, 1.165) is 75.9 Å². The summed E-state index contributed by atoms with van der Waals surface area (Å²) in [5, 5.41) is 0. The molecule has 0 radical (unpaired) electrons. The molecule has 8 atom stereocenters. The number of rotatable bonds is 8. The third kappa shape index (κ3) is 11.6. The van der Waals surface area contributed by atoms with Crippen LogP contribution in [0.1, 0.15) is 183 Å². The summed E-state index contributed by atoms with van der Waals surface area (Å²) in [5.41, 5.74) is 6.12. The van der Waals surface area contributed by atoms with Crippen LogP contribution in [0.2, 0.25) is 0 Å². The minimum absolute atomic E-state index is 0.227. The maximum atomic E-state index is 6.37. The number of benzene rings is 4. The van der Waals surface area contributed by atoms with Crippen LogP contribution >= 0.6 is 0 Å². The molecule has 0 unspecified atom stereocenters. The van der Waals surface area contributed by atoms with Crippen LogP contribution in [0.15, 0.2) is 97.1 Å². The third-order valence-electron chi connectivity index (χ3n) is 22.3. The number of hydrogen-bond acceptors (Lipinski definition) is 8. The Morgan fingerprint density at radius 3 is 0.625 bits per heavy atom. The molecule has 12 rings (SSSR count). The van der Waals surface area contributed by atoms with E-state index in [2.05, 4.69) is 184 Å². The van der Waals surface area contributed by atoms with E-state index in [1.807, 2.05) is 24.3 Å². The van der Waals surface area contributed by atoms with Gasteiger partial charge in [-0.25, -0.2) is 0 Å². The summed E-state index contributed by atoms with van der Waals surface area (Å²) < 4.78 is 49.3. The Bertz CT molecular complexity index is 2240. The number of fused-ring (bicyclic) bond motifs is 12. The molecule has 8 nitrogen and oxygen atoms in total. The molecule has 8 aliphatic heterocycles. The van der Waals surface area contributed by atoms with Gasteiger partial charge in [0.25, 0.3) is 0 Å². The fourth-order valence-electron chi connectivity index (χ4n) is 16.2. The lowest BCUT2D eigenvalue weighted by atomic mass is 9.62. The zero-order valence-electron chi connectivity index (χ0n) is 52.2. The van der Waals surface area contributed by atoms with E-state index in [4.69, 9.17) is 37.9 Å². The normalized spacial score (nSPS) is 27.9. The van der Waals surface area contributed by atoms with Crippen molar-refractivity contribution >= 4 is 0 Å². The molecule has 0 spiro atoms. The van der Waals surface area contributed by atoms with E-state index in [1.54, 1.807) is 0 Å². The largest absolute Gasteiger partial charge is 0.493 e. The third-order valence-corrected chi connectivity index (χ3v) is 22.3. The van der Waals surface area contributed by atoms with Crippen molar-refractivity contribution in [2.45, 2.75) is 161 Å². The summed E-state index contributed by atoms with van der Waals surface area (Å²) in [6, 6.07) is 33.3. The highest BCUT2D eigenvalue weighted by atomic mass is 16.5. The fourth-order valence-corrected chi connectivity index (χ4v) is 16.2. The van der Waals surface area contributed by atoms with Crippen molar-refractivity contribution in [3.8, 4) is 23.0 Å². The Morgan fingerprint density at radius 1 is 0.275 bits per heavy atom. The summed E-state index contributed by atoms with van der Waals surface area (Å²) in [6.07, 6.45) is 5.75. The molecule has 0 aliphatic carbocycles. The number of hydrogen-bond donors (Lipinski definition) is 0. The van der Waals surface area contributed by atoms with Gasteiger partial charge < -0.3 is 37.9 Å². The molecule has 80 heavy (non-hydrogen) atoms. The molecule has 4 saturated heterocycles. The van der Waals surface area contributed by atoms with E-state index in [-0.39, 0.29) is 46.1 Å². The second kappa shape index (κ2) is 25.0. The maximum Gasteiger partial charge on any atom is 0.125 e. The zero-order chi connectivity index (χ0) is 57.3. The van der Waals surface area contributed by atoms with Crippen molar-refractivity contribution in [2.24, 2.45) is 92.7 Å². The Balaban J connectivity index is 0.000000129. The van der Waals surface area contributed by atoms with Gasteiger partial charge in [0.1, 0.15) is 23.0 Å². The van der Waals surface area contributed by atoms with Crippen LogP contribution in [-0.2, 0) is 18.9 Å². The molecule has 0 aromatic heterocycles. The van der Waals surface area contributed by atoms with E-state index < -0.39 is 0 Å². The Kier molecular flexibility index (Phi) is 18.9. The van der Waals surface area contributed by atoms with Gasteiger partial charge in [0, 0.05) is 45.9 Å². The van der Waals surface area contributed by atoms with E-state index in [1.165, 1.54) is 47.9 Å². The summed E-state index contributed by atoms with van der Waals surface area (Å²) in [7, 11) is 0. The maximum absolute atomic E-state index is 6.37. The van der Waals surface area contributed by atoms with Crippen LogP contribution in [0.4, 0.5) is 0 Å². The molecule has 8 aliphatic rings. The van der Waals surface area contributed by atoms with Gasteiger partial charge in [0.05, 0.1) is 77.3 Å². The molecule has 0 saturated carbocycles. The fraction of sp³-hybridized carbons (Fsp3) is 0.667. The van der Waals surface area contributed by atoms with E-state index >= 15 is 0 Å². The van der Waals surface area contributed by atoms with Crippen molar-refractivity contribution < 1.29 is 37.9 Å². The van der Waals surface area contributed by atoms with E-state index in [9.17, 15) is 0 Å². The van der Waals surface area contributed by atoms with Crippen molar-refractivity contribution in [2.75, 3.05) is 52.9 Å². The Hall–Kier alpha value is -4.08. The second-order valence-electron chi connectivity index (χ2n) is 28.3. The topological polar surface area (TPSA) is 73.8 Å². The number of para-hydroxylation sites is 4. The molecule has 8 heteroatoms. The first-order chi connectivity index (χ1) is 38.2. The molecule has 0 amide bonds. The average molecular weight is 1100 g/mol. The Morgan fingerprint density at radius 2 is 0.450 bits per heavy atom. The first kappa shape index (κ1) is 60.5. The minimum atomic E-state index is 0.227. The van der Waals surface area contributed by atoms with Crippen LogP contribution in [0.3, 0.4) is 0 Å². The monoisotopic (exact) mass is 1100 g/mol. The number of ether oxygens (including phenoxy) is 8. The lowest BCUT2D eigenvalue weighted by Gasteiger charge is -2.51. The van der Waals surface area contributed by atoms with Crippen LogP contribution in [-0.4, -0.2) is 52.9 Å². The van der Waals surface area contributed by atoms with Crippen LogP contribution < -0.4 is 18.9 Å². The van der Waals surface area contributed by atoms with Gasteiger partial charge >= 0.3 is 0 Å². The van der Waals surface area contributed by atoms with Gasteiger partial charge in [-0.05, 0) is 119 Å². The first-order valence-corrected chi connectivity index (χ1v) is 31.5. The van der Waals surface area contributed by atoms with Crippen molar-refractivity contribution in [3.05, 3.63) is 119 Å². The summed E-state index contributed by atoms with van der Waals surface area (Å²) >= 11 is 0. The van der Waals surface area contributed by atoms with Gasteiger partial charge in [-0.2, -0.15) is 0 Å². The predicted octanol–water partition coefficient (Wildman–Crippen LogP) is 17.8. The summed E-state index contributed by atoms with van der Waals surface area (Å²) in [5.74, 6) is 11.1. The SMILES string of the molecule is CC(C)C1(C(C)C)CO[C@@H]2c3ccccc3OC[C@@H]2C1.CC(C)C1(C(C)C)CO[C@@H]2c3ccccc3OC[C@H]2C1.CC(C)C1(C(C)C)CO[C@H]2c3ccccc3OC[C@@H]2C1.CC(C)C1(C(C)C)CO[C@H]2c3ccccc3OC[C@H]2C1. The van der Waals surface area contributed by atoms with Crippen LogP contribution in [0.5, 0.6) is 23.0 Å². The highest BCUT2D eigenvalue weighted by Crippen LogP contribution is 2.57. The zero-order valence-corrected chi connectivity index (χ0v) is 52.2. The predicted molar refractivity (Wildman–Crippen MR) is 323 cm³/mol. The quantitative estimate of drug-likeness (QED) is 0.173. The van der Waals surface area contributed by atoms with Crippen LogP contribution in [0.25, 0.3) is 0 Å². The molecular formula is C72H104O8. The smallest absolute Gasteiger partial charge is 0.125 e. The molecule has 4 aromatic carbocycles. The first-order valence-electron chi connectivity index (χ1n) is 31.5. The highest BCUT2D eigenvalue weighted by Gasteiger charge is 2.52. The molecule has 0 bridgehead atoms. The van der Waals surface area contributed by atoms with Gasteiger partial charge in [0.2, 0.25) is 0 Å². The summed E-state index contributed by atoms with van der Waals surface area (Å²) in [4.78, 5) is 0. The van der Waals surface area contributed by atoms with Gasteiger partial charge in [-0.1, -0.05) is 184 Å². The van der Waals surface area contributed by atoms with Gasteiger partial charge in [-0.15, -0.1) is 0 Å².